The summed E-state index contributed by atoms with van der Waals surface area (Å²) in [5.41, 5.74) is 0.747. The molecule has 6 nitrogen and oxygen atoms in total. The van der Waals surface area contributed by atoms with Gasteiger partial charge in [-0.25, -0.2) is 8.78 Å². The summed E-state index contributed by atoms with van der Waals surface area (Å²) in [7, 11) is 0. The number of ether oxygens (including phenoxy) is 1. The zero-order chi connectivity index (χ0) is 21.2. The molecule has 1 atom stereocenters. The molecule has 0 aromatic heterocycles. The monoisotopic (exact) mass is 404 g/mol. The van der Waals surface area contributed by atoms with Gasteiger partial charge in [-0.2, -0.15) is 0 Å². The van der Waals surface area contributed by atoms with Gasteiger partial charge in [0.25, 0.3) is 11.8 Å². The molecular formula is C21H22F2N2O4. The number of carbonyl (C=O) groups is 3. The van der Waals surface area contributed by atoms with E-state index in [0.29, 0.717) is 19.0 Å². The quantitative estimate of drug-likeness (QED) is 0.629. The van der Waals surface area contributed by atoms with E-state index in [2.05, 4.69) is 10.6 Å². The van der Waals surface area contributed by atoms with Crippen LogP contribution in [0.3, 0.4) is 0 Å². The fourth-order valence-electron chi connectivity index (χ4n) is 2.47. The standard InChI is InChI=1S/C21H22F2N2O4/c1-14(20(27)24-11-9-15-5-3-2-4-6-15)29-19(26)10-12-25-21(28)17-8-7-16(22)13-18(17)23/h2-8,13-14H,9-12H2,1H3,(H,24,27)(H,25,28). The Labute approximate surface area is 167 Å². The van der Waals surface area contributed by atoms with Crippen LogP contribution in [0, 0.1) is 11.6 Å². The maximum atomic E-state index is 13.5. The van der Waals surface area contributed by atoms with Crippen LogP contribution in [-0.4, -0.2) is 37.0 Å². The van der Waals surface area contributed by atoms with Gasteiger partial charge < -0.3 is 15.4 Å². The van der Waals surface area contributed by atoms with Crippen LogP contribution in [0.4, 0.5) is 8.78 Å². The Balaban J connectivity index is 1.67. The molecule has 0 heterocycles. The van der Waals surface area contributed by atoms with Gasteiger partial charge in [-0.15, -0.1) is 0 Å². The first-order valence-corrected chi connectivity index (χ1v) is 9.11. The topological polar surface area (TPSA) is 84.5 Å². The van der Waals surface area contributed by atoms with E-state index in [1.165, 1.54) is 6.92 Å². The Morgan fingerprint density at radius 3 is 2.41 bits per heavy atom. The number of carbonyl (C=O) groups excluding carboxylic acids is 3. The Morgan fingerprint density at radius 2 is 1.72 bits per heavy atom. The highest BCUT2D eigenvalue weighted by Crippen LogP contribution is 2.09. The van der Waals surface area contributed by atoms with Crippen LogP contribution in [0.5, 0.6) is 0 Å². The minimum atomic E-state index is -0.995. The summed E-state index contributed by atoms with van der Waals surface area (Å²) in [5.74, 6) is -3.67. The minimum absolute atomic E-state index is 0.114. The fourth-order valence-corrected chi connectivity index (χ4v) is 2.47. The SMILES string of the molecule is CC(OC(=O)CCNC(=O)c1ccc(F)cc1F)C(=O)NCCc1ccccc1. The number of amides is 2. The minimum Gasteiger partial charge on any atom is -0.452 e. The maximum absolute atomic E-state index is 13.5. The van der Waals surface area contributed by atoms with E-state index in [1.807, 2.05) is 30.3 Å². The second-order valence-electron chi connectivity index (χ2n) is 6.29. The fraction of sp³-hybridized carbons (Fsp3) is 0.286. The van der Waals surface area contributed by atoms with Gasteiger partial charge in [0, 0.05) is 19.2 Å². The Hall–Kier alpha value is -3.29. The summed E-state index contributed by atoms with van der Waals surface area (Å²) in [6.45, 7) is 1.74. The highest BCUT2D eigenvalue weighted by atomic mass is 19.1. The number of benzene rings is 2. The van der Waals surface area contributed by atoms with Crippen molar-refractivity contribution in [3.05, 3.63) is 71.3 Å². The Kier molecular flexibility index (Phi) is 8.27. The molecule has 0 saturated heterocycles. The maximum Gasteiger partial charge on any atom is 0.308 e. The number of esters is 1. The molecule has 0 saturated carbocycles. The molecule has 2 aromatic carbocycles. The van der Waals surface area contributed by atoms with Gasteiger partial charge in [-0.1, -0.05) is 30.3 Å². The number of rotatable bonds is 9. The van der Waals surface area contributed by atoms with E-state index in [0.717, 1.165) is 17.7 Å². The van der Waals surface area contributed by atoms with E-state index in [-0.39, 0.29) is 18.5 Å². The van der Waals surface area contributed by atoms with Crippen LogP contribution in [0.15, 0.2) is 48.5 Å². The van der Waals surface area contributed by atoms with Crippen molar-refractivity contribution in [1.29, 1.82) is 0 Å². The molecule has 29 heavy (non-hydrogen) atoms. The van der Waals surface area contributed by atoms with Crippen LogP contribution in [0.25, 0.3) is 0 Å². The summed E-state index contributed by atoms with van der Waals surface area (Å²) in [6, 6.07) is 12.2. The van der Waals surface area contributed by atoms with Gasteiger partial charge in [0.15, 0.2) is 6.10 Å². The van der Waals surface area contributed by atoms with Crippen LogP contribution in [-0.2, 0) is 20.7 Å². The van der Waals surface area contributed by atoms with E-state index >= 15 is 0 Å². The molecule has 2 N–H and O–H groups in total. The first kappa shape index (κ1) is 22.0. The van der Waals surface area contributed by atoms with Crippen molar-refractivity contribution in [1.82, 2.24) is 10.6 Å². The van der Waals surface area contributed by atoms with Crippen LogP contribution < -0.4 is 10.6 Å². The number of nitrogens with one attached hydrogen (secondary N) is 2. The van der Waals surface area contributed by atoms with Crippen LogP contribution in [0.2, 0.25) is 0 Å². The summed E-state index contributed by atoms with van der Waals surface area (Å²) < 4.78 is 31.4. The van der Waals surface area contributed by atoms with Gasteiger partial charge in [0.05, 0.1) is 12.0 Å². The molecule has 2 rings (SSSR count). The molecule has 1 unspecified atom stereocenters. The van der Waals surface area contributed by atoms with Crippen molar-refractivity contribution >= 4 is 17.8 Å². The molecule has 0 aliphatic carbocycles. The summed E-state index contributed by atoms with van der Waals surface area (Å²) >= 11 is 0. The van der Waals surface area contributed by atoms with Gasteiger partial charge >= 0.3 is 5.97 Å². The van der Waals surface area contributed by atoms with Crippen molar-refractivity contribution in [3.8, 4) is 0 Å². The molecule has 2 aromatic rings. The molecule has 154 valence electrons. The Bertz CT molecular complexity index is 859. The third-order valence-corrected chi connectivity index (χ3v) is 4.02. The molecule has 2 amide bonds. The van der Waals surface area contributed by atoms with E-state index in [1.54, 1.807) is 0 Å². The van der Waals surface area contributed by atoms with Crippen LogP contribution >= 0.6 is 0 Å². The number of halogens is 2. The van der Waals surface area contributed by atoms with Gasteiger partial charge in [0.1, 0.15) is 11.6 Å². The third-order valence-electron chi connectivity index (χ3n) is 4.02. The normalized spacial score (nSPS) is 11.4. The summed E-state index contributed by atoms with van der Waals surface area (Å²) in [6.07, 6.45) is -0.529. The molecule has 0 aliphatic rings. The lowest BCUT2D eigenvalue weighted by Gasteiger charge is -2.14. The first-order valence-electron chi connectivity index (χ1n) is 9.11. The lowest BCUT2D eigenvalue weighted by molar-refractivity contribution is -0.154. The summed E-state index contributed by atoms with van der Waals surface area (Å²) in [4.78, 5) is 35.6. The van der Waals surface area contributed by atoms with E-state index in [9.17, 15) is 23.2 Å². The zero-order valence-corrected chi connectivity index (χ0v) is 15.9. The van der Waals surface area contributed by atoms with Crippen molar-refractivity contribution in [2.24, 2.45) is 0 Å². The molecule has 0 spiro atoms. The van der Waals surface area contributed by atoms with E-state index < -0.39 is 35.5 Å². The summed E-state index contributed by atoms with van der Waals surface area (Å²) in [5, 5.41) is 5.03. The average Bonchev–Trinajstić information content (AvgIpc) is 2.68. The van der Waals surface area contributed by atoms with Crippen molar-refractivity contribution in [2.45, 2.75) is 25.9 Å². The van der Waals surface area contributed by atoms with Crippen LogP contribution in [0.1, 0.15) is 29.3 Å². The number of hydrogen-bond donors (Lipinski definition) is 2. The highest BCUT2D eigenvalue weighted by molar-refractivity contribution is 5.94. The second-order valence-corrected chi connectivity index (χ2v) is 6.29. The van der Waals surface area contributed by atoms with Gasteiger partial charge in [-0.05, 0) is 31.0 Å². The lowest BCUT2D eigenvalue weighted by atomic mass is 10.1. The smallest absolute Gasteiger partial charge is 0.308 e. The van der Waals surface area contributed by atoms with Crippen molar-refractivity contribution < 1.29 is 27.9 Å². The average molecular weight is 404 g/mol. The van der Waals surface area contributed by atoms with Crippen molar-refractivity contribution in [3.63, 3.8) is 0 Å². The second kappa shape index (κ2) is 10.9. The first-order chi connectivity index (χ1) is 13.9. The lowest BCUT2D eigenvalue weighted by Crippen LogP contribution is -2.37. The molecule has 0 radical (unpaired) electrons. The molecule has 0 fully saturated rings. The van der Waals surface area contributed by atoms with Crippen molar-refractivity contribution in [2.75, 3.05) is 13.1 Å². The highest BCUT2D eigenvalue weighted by Gasteiger charge is 2.18. The molecule has 0 aliphatic heterocycles. The molecule has 0 bridgehead atoms. The number of hydrogen-bond acceptors (Lipinski definition) is 4. The zero-order valence-electron chi connectivity index (χ0n) is 15.9. The van der Waals surface area contributed by atoms with E-state index in [4.69, 9.17) is 4.74 Å². The predicted octanol–water partition coefficient (Wildman–Crippen LogP) is 2.38. The molecule has 8 heteroatoms. The Morgan fingerprint density at radius 1 is 1.00 bits per heavy atom. The third kappa shape index (κ3) is 7.33. The predicted molar refractivity (Wildman–Crippen MR) is 102 cm³/mol. The van der Waals surface area contributed by atoms with Gasteiger partial charge in [-0.3, -0.25) is 14.4 Å². The molecular weight excluding hydrogens is 382 g/mol. The largest absolute Gasteiger partial charge is 0.452 e. The van der Waals surface area contributed by atoms with Gasteiger partial charge in [0.2, 0.25) is 0 Å².